The van der Waals surface area contributed by atoms with E-state index in [0.717, 1.165) is 6.54 Å². The van der Waals surface area contributed by atoms with Gasteiger partial charge in [0.2, 0.25) is 0 Å². The molecule has 1 aromatic carbocycles. The fourth-order valence-corrected chi connectivity index (χ4v) is 3.22. The first-order valence-corrected chi connectivity index (χ1v) is 7.91. The summed E-state index contributed by atoms with van der Waals surface area (Å²) < 4.78 is 0. The summed E-state index contributed by atoms with van der Waals surface area (Å²) in [5.41, 5.74) is 7.73. The van der Waals surface area contributed by atoms with E-state index in [2.05, 4.69) is 40.6 Å². The van der Waals surface area contributed by atoms with Crippen molar-refractivity contribution >= 4 is 5.96 Å². The standard InChI is InChI=1S/C17H25N3/c18-16(20-15-9-5-2-6-10-15)19-13-17(11-12-17)14-7-3-1-4-8-14/h1,3-4,7-8,15H,2,5-6,9-13H2,(H3,18,19,20). The molecule has 1 aromatic rings. The molecule has 0 aromatic heterocycles. The molecule has 0 atom stereocenters. The van der Waals surface area contributed by atoms with Crippen LogP contribution in [0.15, 0.2) is 35.3 Å². The molecule has 0 aliphatic heterocycles. The van der Waals surface area contributed by atoms with Crippen molar-refractivity contribution in [2.75, 3.05) is 6.54 Å². The topological polar surface area (TPSA) is 50.4 Å². The SMILES string of the molecule is NC(=NCC1(c2ccccc2)CC1)NC1CCCCC1. The molecule has 3 heteroatoms. The Morgan fingerprint density at radius 1 is 1.15 bits per heavy atom. The van der Waals surface area contributed by atoms with Gasteiger partial charge >= 0.3 is 0 Å². The molecule has 0 bridgehead atoms. The zero-order chi connectivity index (χ0) is 13.8. The number of hydrogen-bond donors (Lipinski definition) is 2. The number of hydrogen-bond acceptors (Lipinski definition) is 1. The summed E-state index contributed by atoms with van der Waals surface area (Å²) in [5.74, 6) is 0.638. The van der Waals surface area contributed by atoms with Crippen LogP contribution in [0.1, 0.15) is 50.5 Å². The first-order valence-electron chi connectivity index (χ1n) is 7.91. The van der Waals surface area contributed by atoms with Crippen LogP contribution in [-0.2, 0) is 5.41 Å². The first-order chi connectivity index (χ1) is 9.78. The largest absolute Gasteiger partial charge is 0.370 e. The number of benzene rings is 1. The Bertz CT molecular complexity index is 456. The maximum Gasteiger partial charge on any atom is 0.188 e. The summed E-state index contributed by atoms with van der Waals surface area (Å²) in [4.78, 5) is 4.61. The summed E-state index contributed by atoms with van der Waals surface area (Å²) in [7, 11) is 0. The van der Waals surface area contributed by atoms with E-state index in [1.807, 2.05) is 0 Å². The van der Waals surface area contributed by atoms with Gasteiger partial charge in [0.25, 0.3) is 0 Å². The molecule has 2 aliphatic rings. The minimum atomic E-state index is 0.264. The third-order valence-corrected chi connectivity index (χ3v) is 4.75. The van der Waals surface area contributed by atoms with Crippen LogP contribution in [0, 0.1) is 0 Å². The molecule has 0 spiro atoms. The Kier molecular flexibility index (Phi) is 3.95. The molecule has 0 saturated heterocycles. The van der Waals surface area contributed by atoms with Crippen molar-refractivity contribution in [2.24, 2.45) is 10.7 Å². The lowest BCUT2D eigenvalue weighted by molar-refractivity contribution is 0.412. The van der Waals surface area contributed by atoms with Crippen LogP contribution in [-0.4, -0.2) is 18.5 Å². The van der Waals surface area contributed by atoms with Crippen molar-refractivity contribution in [3.63, 3.8) is 0 Å². The average Bonchev–Trinajstić information content (AvgIpc) is 3.28. The highest BCUT2D eigenvalue weighted by molar-refractivity contribution is 5.78. The molecular formula is C17H25N3. The zero-order valence-corrected chi connectivity index (χ0v) is 12.1. The molecule has 2 fully saturated rings. The molecule has 20 heavy (non-hydrogen) atoms. The summed E-state index contributed by atoms with van der Waals surface area (Å²) in [6.45, 7) is 0.822. The predicted octanol–water partition coefficient (Wildman–Crippen LogP) is 2.96. The Morgan fingerprint density at radius 3 is 2.50 bits per heavy atom. The van der Waals surface area contributed by atoms with Crippen LogP contribution in [0.2, 0.25) is 0 Å². The number of nitrogens with zero attached hydrogens (tertiary/aromatic N) is 1. The molecule has 0 radical (unpaired) electrons. The second kappa shape index (κ2) is 5.86. The van der Waals surface area contributed by atoms with Gasteiger partial charge in [-0.25, -0.2) is 0 Å². The highest BCUT2D eigenvalue weighted by atomic mass is 15.1. The van der Waals surface area contributed by atoms with Gasteiger partial charge in [-0.15, -0.1) is 0 Å². The minimum absolute atomic E-state index is 0.264. The fraction of sp³-hybridized carbons (Fsp3) is 0.588. The summed E-state index contributed by atoms with van der Waals surface area (Å²) in [6.07, 6.45) is 8.94. The molecule has 0 heterocycles. The van der Waals surface area contributed by atoms with Crippen molar-refractivity contribution in [2.45, 2.75) is 56.4 Å². The monoisotopic (exact) mass is 271 g/mol. The van der Waals surface area contributed by atoms with Gasteiger partial charge in [-0.2, -0.15) is 0 Å². The Labute approximate surface area is 121 Å². The second-order valence-corrected chi connectivity index (χ2v) is 6.33. The van der Waals surface area contributed by atoms with Crippen LogP contribution in [0.25, 0.3) is 0 Å². The van der Waals surface area contributed by atoms with Crippen molar-refractivity contribution in [1.82, 2.24) is 5.32 Å². The Morgan fingerprint density at radius 2 is 1.85 bits per heavy atom. The summed E-state index contributed by atoms with van der Waals surface area (Å²) in [5, 5.41) is 3.40. The van der Waals surface area contributed by atoms with Gasteiger partial charge in [-0.3, -0.25) is 4.99 Å². The van der Waals surface area contributed by atoms with Crippen molar-refractivity contribution in [1.29, 1.82) is 0 Å². The van der Waals surface area contributed by atoms with E-state index >= 15 is 0 Å². The van der Waals surface area contributed by atoms with Crippen LogP contribution < -0.4 is 11.1 Å². The molecule has 3 rings (SSSR count). The van der Waals surface area contributed by atoms with Gasteiger partial charge in [0.1, 0.15) is 0 Å². The van der Waals surface area contributed by atoms with Crippen molar-refractivity contribution < 1.29 is 0 Å². The number of rotatable bonds is 4. The van der Waals surface area contributed by atoms with Crippen LogP contribution >= 0.6 is 0 Å². The number of aliphatic imine (C=N–C) groups is 1. The summed E-state index contributed by atoms with van der Waals surface area (Å²) in [6, 6.07) is 11.3. The van der Waals surface area contributed by atoms with E-state index in [4.69, 9.17) is 5.73 Å². The zero-order valence-electron chi connectivity index (χ0n) is 12.1. The van der Waals surface area contributed by atoms with Gasteiger partial charge in [0.05, 0.1) is 6.54 Å². The Hall–Kier alpha value is -1.51. The molecule has 0 unspecified atom stereocenters. The van der Waals surface area contributed by atoms with Gasteiger partial charge in [0, 0.05) is 11.5 Å². The second-order valence-electron chi connectivity index (χ2n) is 6.33. The van der Waals surface area contributed by atoms with Crippen molar-refractivity contribution in [3.8, 4) is 0 Å². The highest BCUT2D eigenvalue weighted by Gasteiger charge is 2.43. The minimum Gasteiger partial charge on any atom is -0.370 e. The van der Waals surface area contributed by atoms with E-state index in [1.165, 1.54) is 50.5 Å². The van der Waals surface area contributed by atoms with Crippen LogP contribution in [0.4, 0.5) is 0 Å². The number of nitrogens with two attached hydrogens (primary N) is 1. The van der Waals surface area contributed by atoms with Gasteiger partial charge in [-0.05, 0) is 31.2 Å². The molecule has 3 N–H and O–H groups in total. The van der Waals surface area contributed by atoms with E-state index in [-0.39, 0.29) is 5.41 Å². The van der Waals surface area contributed by atoms with E-state index in [1.54, 1.807) is 0 Å². The number of guanidine groups is 1. The van der Waals surface area contributed by atoms with E-state index in [9.17, 15) is 0 Å². The van der Waals surface area contributed by atoms with Gasteiger partial charge < -0.3 is 11.1 Å². The molecule has 2 aliphatic carbocycles. The smallest absolute Gasteiger partial charge is 0.188 e. The molecule has 0 amide bonds. The average molecular weight is 271 g/mol. The van der Waals surface area contributed by atoms with Gasteiger partial charge in [-0.1, -0.05) is 49.6 Å². The lowest BCUT2D eigenvalue weighted by Gasteiger charge is -2.23. The van der Waals surface area contributed by atoms with Gasteiger partial charge in [0.15, 0.2) is 5.96 Å². The third-order valence-electron chi connectivity index (χ3n) is 4.75. The van der Waals surface area contributed by atoms with Crippen molar-refractivity contribution in [3.05, 3.63) is 35.9 Å². The summed E-state index contributed by atoms with van der Waals surface area (Å²) >= 11 is 0. The maximum absolute atomic E-state index is 6.06. The Balaban J connectivity index is 1.56. The first kappa shape index (κ1) is 13.5. The lowest BCUT2D eigenvalue weighted by Crippen LogP contribution is -2.41. The lowest BCUT2D eigenvalue weighted by atomic mass is 9.95. The van der Waals surface area contributed by atoms with E-state index < -0.39 is 0 Å². The number of nitrogens with one attached hydrogen (secondary N) is 1. The highest BCUT2D eigenvalue weighted by Crippen LogP contribution is 2.48. The molecular weight excluding hydrogens is 246 g/mol. The molecule has 108 valence electrons. The maximum atomic E-state index is 6.06. The molecule has 3 nitrogen and oxygen atoms in total. The predicted molar refractivity (Wildman–Crippen MR) is 83.9 cm³/mol. The third kappa shape index (κ3) is 3.14. The quantitative estimate of drug-likeness (QED) is 0.653. The molecule has 2 saturated carbocycles. The van der Waals surface area contributed by atoms with Crippen LogP contribution in [0.3, 0.4) is 0 Å². The normalized spacial score (nSPS) is 22.5. The fourth-order valence-electron chi connectivity index (χ4n) is 3.22. The van der Waals surface area contributed by atoms with E-state index in [0.29, 0.717) is 12.0 Å². The van der Waals surface area contributed by atoms with Crippen LogP contribution in [0.5, 0.6) is 0 Å².